The Balaban J connectivity index is 2.58. The van der Waals surface area contributed by atoms with Gasteiger partial charge in [0.05, 0.1) is 5.02 Å². The van der Waals surface area contributed by atoms with Crippen molar-refractivity contribution in [2.24, 2.45) is 0 Å². The molecule has 2 amide bonds. The minimum absolute atomic E-state index is 0.0617. The Hall–Kier alpha value is -1.29. The molecule has 0 unspecified atom stereocenters. The third-order valence-corrected chi connectivity index (χ3v) is 2.12. The number of carbonyl (C=O) groups is 1. The maximum absolute atomic E-state index is 12.8. The largest absolute Gasteiger partial charge is 0.334 e. The zero-order valence-electron chi connectivity index (χ0n) is 8.55. The van der Waals surface area contributed by atoms with Gasteiger partial charge in [0.2, 0.25) is 0 Å². The van der Waals surface area contributed by atoms with E-state index in [0.29, 0.717) is 6.54 Å². The second-order valence-electron chi connectivity index (χ2n) is 3.30. The zero-order valence-corrected chi connectivity index (χ0v) is 9.31. The summed E-state index contributed by atoms with van der Waals surface area (Å²) >= 11 is 5.59. The number of carbonyl (C=O) groups excluding carboxylic acids is 1. The van der Waals surface area contributed by atoms with E-state index in [4.69, 9.17) is 11.6 Å². The molecule has 0 atom stereocenters. The van der Waals surface area contributed by atoms with Crippen molar-refractivity contribution < 1.29 is 9.18 Å². The number of nitrogens with one attached hydrogen (secondary N) is 1. The van der Waals surface area contributed by atoms with E-state index in [0.717, 1.165) is 5.56 Å². The van der Waals surface area contributed by atoms with E-state index in [1.807, 2.05) is 0 Å². The Labute approximate surface area is 92.8 Å². The minimum Gasteiger partial charge on any atom is -0.334 e. The molecule has 0 heterocycles. The normalized spacial score (nSPS) is 9.87. The van der Waals surface area contributed by atoms with Crippen LogP contribution in [0.3, 0.4) is 0 Å². The van der Waals surface area contributed by atoms with Crippen LogP contribution in [0.4, 0.5) is 9.18 Å². The standard InChI is InChI=1S/C10H12ClFN2O/c1-14(2)10(15)13-6-7-3-4-9(12)8(11)5-7/h3-5H,6H2,1-2H3,(H,13,15). The molecule has 0 spiro atoms. The molecule has 0 aliphatic carbocycles. The maximum Gasteiger partial charge on any atom is 0.317 e. The summed E-state index contributed by atoms with van der Waals surface area (Å²) in [6.07, 6.45) is 0. The number of rotatable bonds is 2. The fraction of sp³-hybridized carbons (Fsp3) is 0.300. The van der Waals surface area contributed by atoms with Gasteiger partial charge in [-0.2, -0.15) is 0 Å². The zero-order chi connectivity index (χ0) is 11.4. The molecule has 1 rings (SSSR count). The van der Waals surface area contributed by atoms with Gasteiger partial charge in [-0.25, -0.2) is 9.18 Å². The highest BCUT2D eigenvalue weighted by Gasteiger charge is 2.04. The summed E-state index contributed by atoms with van der Waals surface area (Å²) in [5.41, 5.74) is 0.761. The van der Waals surface area contributed by atoms with Crippen LogP contribution in [0.15, 0.2) is 18.2 Å². The first-order chi connectivity index (χ1) is 7.00. The summed E-state index contributed by atoms with van der Waals surface area (Å²) in [6.45, 7) is 0.330. The second-order valence-corrected chi connectivity index (χ2v) is 3.71. The Morgan fingerprint density at radius 2 is 2.20 bits per heavy atom. The van der Waals surface area contributed by atoms with Crippen LogP contribution < -0.4 is 5.32 Å². The average molecular weight is 231 g/mol. The third kappa shape index (κ3) is 3.40. The molecule has 0 radical (unpaired) electrons. The van der Waals surface area contributed by atoms with Gasteiger partial charge < -0.3 is 10.2 Å². The van der Waals surface area contributed by atoms with Crippen molar-refractivity contribution >= 4 is 17.6 Å². The number of halogens is 2. The van der Waals surface area contributed by atoms with Crippen LogP contribution in [-0.4, -0.2) is 25.0 Å². The SMILES string of the molecule is CN(C)C(=O)NCc1ccc(F)c(Cl)c1. The summed E-state index contributed by atoms with van der Waals surface area (Å²) < 4.78 is 12.8. The molecule has 0 aliphatic heterocycles. The molecule has 0 aromatic heterocycles. The van der Waals surface area contributed by atoms with E-state index >= 15 is 0 Å². The van der Waals surface area contributed by atoms with E-state index in [1.54, 1.807) is 20.2 Å². The van der Waals surface area contributed by atoms with Crippen molar-refractivity contribution in [2.75, 3.05) is 14.1 Å². The molecule has 0 saturated heterocycles. The lowest BCUT2D eigenvalue weighted by atomic mass is 10.2. The van der Waals surface area contributed by atoms with Gasteiger partial charge in [0.25, 0.3) is 0 Å². The van der Waals surface area contributed by atoms with E-state index in [2.05, 4.69) is 5.32 Å². The number of benzene rings is 1. The molecule has 0 fully saturated rings. The highest BCUT2D eigenvalue weighted by molar-refractivity contribution is 6.30. The molecule has 5 heteroatoms. The van der Waals surface area contributed by atoms with E-state index in [9.17, 15) is 9.18 Å². The third-order valence-electron chi connectivity index (χ3n) is 1.83. The lowest BCUT2D eigenvalue weighted by Gasteiger charge is -2.11. The number of nitrogens with zero attached hydrogens (tertiary/aromatic N) is 1. The molecule has 1 N–H and O–H groups in total. The molecule has 0 saturated carbocycles. The average Bonchev–Trinajstić information content (AvgIpc) is 2.19. The summed E-state index contributed by atoms with van der Waals surface area (Å²) in [7, 11) is 3.29. The summed E-state index contributed by atoms with van der Waals surface area (Å²) in [5, 5.41) is 2.71. The van der Waals surface area contributed by atoms with Crippen molar-refractivity contribution in [1.29, 1.82) is 0 Å². The number of amides is 2. The quantitative estimate of drug-likeness (QED) is 0.831. The van der Waals surface area contributed by atoms with Gasteiger partial charge in [-0.1, -0.05) is 17.7 Å². The van der Waals surface area contributed by atoms with Crippen LogP contribution in [0.25, 0.3) is 0 Å². The maximum atomic E-state index is 12.8. The van der Waals surface area contributed by atoms with Gasteiger partial charge >= 0.3 is 6.03 Å². The van der Waals surface area contributed by atoms with Gasteiger partial charge in [0.15, 0.2) is 0 Å². The second kappa shape index (κ2) is 4.98. The molecule has 1 aromatic carbocycles. The van der Waals surface area contributed by atoms with Crippen LogP contribution in [-0.2, 0) is 6.54 Å². The van der Waals surface area contributed by atoms with Crippen LogP contribution in [0, 0.1) is 5.82 Å². The number of hydrogen-bond donors (Lipinski definition) is 1. The Kier molecular flexibility index (Phi) is 3.91. The highest BCUT2D eigenvalue weighted by Crippen LogP contribution is 2.15. The Morgan fingerprint density at radius 3 is 2.73 bits per heavy atom. The lowest BCUT2D eigenvalue weighted by Crippen LogP contribution is -2.33. The van der Waals surface area contributed by atoms with Gasteiger partial charge in [0.1, 0.15) is 5.82 Å². The van der Waals surface area contributed by atoms with E-state index in [-0.39, 0.29) is 11.1 Å². The van der Waals surface area contributed by atoms with Crippen molar-refractivity contribution in [3.8, 4) is 0 Å². The minimum atomic E-state index is -0.459. The highest BCUT2D eigenvalue weighted by atomic mass is 35.5. The van der Waals surface area contributed by atoms with Crippen molar-refractivity contribution in [3.63, 3.8) is 0 Å². The van der Waals surface area contributed by atoms with Gasteiger partial charge in [-0.15, -0.1) is 0 Å². The first kappa shape index (κ1) is 11.8. The summed E-state index contributed by atoms with van der Waals surface area (Å²) in [6, 6.07) is 4.15. The molecule has 82 valence electrons. The predicted octanol–water partition coefficient (Wildman–Crippen LogP) is 2.25. The Morgan fingerprint density at radius 1 is 1.53 bits per heavy atom. The molecule has 0 bridgehead atoms. The molecule has 3 nitrogen and oxygen atoms in total. The molecular weight excluding hydrogens is 219 g/mol. The smallest absolute Gasteiger partial charge is 0.317 e. The lowest BCUT2D eigenvalue weighted by molar-refractivity contribution is 0.217. The van der Waals surface area contributed by atoms with E-state index in [1.165, 1.54) is 17.0 Å². The molecule has 15 heavy (non-hydrogen) atoms. The van der Waals surface area contributed by atoms with Crippen molar-refractivity contribution in [3.05, 3.63) is 34.6 Å². The van der Waals surface area contributed by atoms with Crippen molar-refractivity contribution in [1.82, 2.24) is 10.2 Å². The fourth-order valence-corrected chi connectivity index (χ4v) is 1.19. The van der Waals surface area contributed by atoms with Crippen molar-refractivity contribution in [2.45, 2.75) is 6.54 Å². The molecule has 1 aromatic rings. The fourth-order valence-electron chi connectivity index (χ4n) is 0.985. The molecular formula is C10H12ClFN2O. The van der Waals surface area contributed by atoms with Crippen LogP contribution in [0.1, 0.15) is 5.56 Å². The molecule has 0 aliphatic rings. The Bertz CT molecular complexity index is 368. The van der Waals surface area contributed by atoms with Crippen LogP contribution in [0.5, 0.6) is 0 Å². The monoisotopic (exact) mass is 230 g/mol. The first-order valence-electron chi connectivity index (χ1n) is 4.40. The number of urea groups is 1. The van der Waals surface area contributed by atoms with E-state index < -0.39 is 5.82 Å². The van der Waals surface area contributed by atoms with Gasteiger partial charge in [0, 0.05) is 20.6 Å². The predicted molar refractivity (Wildman–Crippen MR) is 57.3 cm³/mol. The van der Waals surface area contributed by atoms with Gasteiger partial charge in [-0.3, -0.25) is 0 Å². The van der Waals surface area contributed by atoms with Crippen LogP contribution >= 0.6 is 11.6 Å². The summed E-state index contributed by atoms with van der Waals surface area (Å²) in [5.74, 6) is -0.459. The first-order valence-corrected chi connectivity index (χ1v) is 4.77. The van der Waals surface area contributed by atoms with Gasteiger partial charge in [-0.05, 0) is 17.7 Å². The number of hydrogen-bond acceptors (Lipinski definition) is 1. The summed E-state index contributed by atoms with van der Waals surface area (Å²) in [4.78, 5) is 12.6. The van der Waals surface area contributed by atoms with Crippen LogP contribution in [0.2, 0.25) is 5.02 Å². The topological polar surface area (TPSA) is 32.3 Å².